The number of nitrogens with two attached hydrogens (primary N) is 1. The fourth-order valence-corrected chi connectivity index (χ4v) is 4.82. The van der Waals surface area contributed by atoms with Crippen LogP contribution in [0.1, 0.15) is 26.2 Å². The van der Waals surface area contributed by atoms with Crippen LogP contribution in [0.4, 0.5) is 4.39 Å². The lowest BCUT2D eigenvalue weighted by molar-refractivity contribution is 0.227. The van der Waals surface area contributed by atoms with E-state index in [-0.39, 0.29) is 22.0 Å². The largest absolute Gasteiger partial charge is 0.326 e. The summed E-state index contributed by atoms with van der Waals surface area (Å²) in [6.45, 7) is 2.17. The molecule has 112 valence electrons. The monoisotopic (exact) mass is 320 g/mol. The number of nitrogens with zero attached hydrogens (tertiary/aromatic N) is 1. The zero-order valence-electron chi connectivity index (χ0n) is 11.2. The lowest BCUT2D eigenvalue weighted by Crippen LogP contribution is -2.51. The van der Waals surface area contributed by atoms with Gasteiger partial charge in [-0.2, -0.15) is 4.31 Å². The molecule has 0 bridgehead atoms. The first-order valence-electron chi connectivity index (χ1n) is 6.56. The summed E-state index contributed by atoms with van der Waals surface area (Å²) in [6.07, 6.45) is 2.42. The Morgan fingerprint density at radius 2 is 2.15 bits per heavy atom. The van der Waals surface area contributed by atoms with Crippen LogP contribution in [0.15, 0.2) is 23.1 Å². The molecule has 0 radical (unpaired) electrons. The minimum Gasteiger partial charge on any atom is -0.326 e. The summed E-state index contributed by atoms with van der Waals surface area (Å²) < 4.78 is 40.1. The van der Waals surface area contributed by atoms with Gasteiger partial charge in [-0.1, -0.05) is 18.0 Å². The lowest BCUT2D eigenvalue weighted by Gasteiger charge is -2.37. The molecule has 2 atom stereocenters. The number of halogens is 2. The van der Waals surface area contributed by atoms with Gasteiger partial charge in [0.2, 0.25) is 10.0 Å². The van der Waals surface area contributed by atoms with Crippen molar-refractivity contribution in [1.29, 1.82) is 0 Å². The Morgan fingerprint density at radius 1 is 1.45 bits per heavy atom. The fourth-order valence-electron chi connectivity index (χ4n) is 2.56. The average molecular weight is 321 g/mol. The molecule has 0 aromatic heterocycles. The molecule has 0 amide bonds. The molecular formula is C13H18ClFN2O2S. The van der Waals surface area contributed by atoms with Crippen LogP contribution in [0.5, 0.6) is 0 Å². The van der Waals surface area contributed by atoms with Gasteiger partial charge >= 0.3 is 0 Å². The van der Waals surface area contributed by atoms with Crippen molar-refractivity contribution in [3.8, 4) is 0 Å². The molecule has 1 aliphatic rings. The zero-order valence-corrected chi connectivity index (χ0v) is 12.8. The molecule has 0 unspecified atom stereocenters. The van der Waals surface area contributed by atoms with Gasteiger partial charge in [0, 0.05) is 18.6 Å². The molecule has 0 aliphatic carbocycles. The van der Waals surface area contributed by atoms with E-state index in [2.05, 4.69) is 0 Å². The van der Waals surface area contributed by atoms with E-state index in [4.69, 9.17) is 17.3 Å². The second kappa shape index (κ2) is 5.97. The Bertz CT molecular complexity index is 592. The standard InChI is InChI=1S/C13H18ClFN2O2S/c1-9(16)12-4-2-3-7-17(12)20(18,19)13-8-10(15)5-6-11(13)14/h5-6,8-9,12H,2-4,7,16H2,1H3/t9-,12+/m1/s1. The molecule has 1 heterocycles. The van der Waals surface area contributed by atoms with Crippen molar-refractivity contribution in [3.63, 3.8) is 0 Å². The highest BCUT2D eigenvalue weighted by Crippen LogP contribution is 2.30. The van der Waals surface area contributed by atoms with Crippen LogP contribution in [0.25, 0.3) is 0 Å². The van der Waals surface area contributed by atoms with Gasteiger partial charge in [-0.3, -0.25) is 0 Å². The van der Waals surface area contributed by atoms with E-state index in [0.717, 1.165) is 25.0 Å². The molecule has 1 saturated heterocycles. The second-order valence-corrected chi connectivity index (χ2v) is 7.38. The normalized spacial score (nSPS) is 22.7. The topological polar surface area (TPSA) is 63.4 Å². The predicted octanol–water partition coefficient (Wildman–Crippen LogP) is 2.37. The third-order valence-electron chi connectivity index (χ3n) is 3.59. The third-order valence-corrected chi connectivity index (χ3v) is 5.99. The minimum absolute atomic E-state index is 0.0281. The van der Waals surface area contributed by atoms with E-state index in [1.807, 2.05) is 0 Å². The van der Waals surface area contributed by atoms with Crippen LogP contribution in [0, 0.1) is 5.82 Å². The van der Waals surface area contributed by atoms with Gasteiger partial charge in [0.05, 0.1) is 5.02 Å². The summed E-state index contributed by atoms with van der Waals surface area (Å²) in [5, 5.41) is 0.0281. The van der Waals surface area contributed by atoms with Crippen molar-refractivity contribution in [1.82, 2.24) is 4.31 Å². The summed E-state index contributed by atoms with van der Waals surface area (Å²) in [5.41, 5.74) is 5.89. The number of piperidine rings is 1. The van der Waals surface area contributed by atoms with Crippen LogP contribution < -0.4 is 5.73 Å². The van der Waals surface area contributed by atoms with E-state index in [1.54, 1.807) is 6.92 Å². The number of benzene rings is 1. The predicted molar refractivity (Wildman–Crippen MR) is 76.6 cm³/mol. The van der Waals surface area contributed by atoms with E-state index in [9.17, 15) is 12.8 Å². The van der Waals surface area contributed by atoms with Crippen LogP contribution in [0.3, 0.4) is 0 Å². The minimum atomic E-state index is -3.83. The quantitative estimate of drug-likeness (QED) is 0.930. The van der Waals surface area contributed by atoms with Gasteiger partial charge < -0.3 is 5.73 Å². The molecule has 2 N–H and O–H groups in total. The molecular weight excluding hydrogens is 303 g/mol. The van der Waals surface area contributed by atoms with Gasteiger partial charge in [0.15, 0.2) is 0 Å². The summed E-state index contributed by atoms with van der Waals surface area (Å²) in [5.74, 6) is -0.623. The van der Waals surface area contributed by atoms with E-state index in [1.165, 1.54) is 10.4 Å². The Kier molecular flexibility index (Phi) is 4.69. The van der Waals surface area contributed by atoms with Gasteiger partial charge in [0.25, 0.3) is 0 Å². The zero-order chi connectivity index (χ0) is 14.9. The molecule has 2 rings (SSSR count). The summed E-state index contributed by atoms with van der Waals surface area (Å²) in [4.78, 5) is -0.188. The molecule has 0 saturated carbocycles. The van der Waals surface area contributed by atoms with Crippen LogP contribution >= 0.6 is 11.6 Å². The van der Waals surface area contributed by atoms with Gasteiger partial charge in [-0.25, -0.2) is 12.8 Å². The Hall–Kier alpha value is -0.690. The summed E-state index contributed by atoms with van der Waals surface area (Å²) in [6, 6.07) is 2.81. The average Bonchev–Trinajstić information content (AvgIpc) is 2.41. The Morgan fingerprint density at radius 3 is 2.80 bits per heavy atom. The number of rotatable bonds is 3. The highest BCUT2D eigenvalue weighted by atomic mass is 35.5. The molecule has 1 fully saturated rings. The van der Waals surface area contributed by atoms with Crippen LogP contribution in [0.2, 0.25) is 5.02 Å². The Labute approximate surface area is 123 Å². The van der Waals surface area contributed by atoms with Crippen LogP contribution in [-0.2, 0) is 10.0 Å². The summed E-state index contributed by atoms with van der Waals surface area (Å²) >= 11 is 5.92. The highest BCUT2D eigenvalue weighted by Gasteiger charge is 2.36. The summed E-state index contributed by atoms with van der Waals surface area (Å²) in [7, 11) is -3.83. The molecule has 20 heavy (non-hydrogen) atoms. The maximum Gasteiger partial charge on any atom is 0.244 e. The van der Waals surface area contributed by atoms with Crippen molar-refractivity contribution in [2.45, 2.75) is 43.2 Å². The number of sulfonamides is 1. The van der Waals surface area contributed by atoms with Crippen molar-refractivity contribution >= 4 is 21.6 Å². The first kappa shape index (κ1) is 15.7. The maximum absolute atomic E-state index is 13.3. The van der Waals surface area contributed by atoms with Crippen LogP contribution in [-0.4, -0.2) is 31.4 Å². The van der Waals surface area contributed by atoms with Gasteiger partial charge in [-0.05, 0) is 38.0 Å². The first-order chi connectivity index (χ1) is 9.34. The third kappa shape index (κ3) is 2.98. The lowest BCUT2D eigenvalue weighted by atomic mass is 10.00. The Balaban J connectivity index is 2.45. The second-order valence-electron chi connectivity index (χ2n) is 5.11. The molecule has 1 aliphatic heterocycles. The highest BCUT2D eigenvalue weighted by molar-refractivity contribution is 7.89. The first-order valence-corrected chi connectivity index (χ1v) is 8.38. The van der Waals surface area contributed by atoms with Crippen molar-refractivity contribution in [3.05, 3.63) is 29.0 Å². The van der Waals surface area contributed by atoms with Crippen molar-refractivity contribution in [2.24, 2.45) is 5.73 Å². The van der Waals surface area contributed by atoms with E-state index >= 15 is 0 Å². The smallest absolute Gasteiger partial charge is 0.244 e. The fraction of sp³-hybridized carbons (Fsp3) is 0.538. The molecule has 1 aromatic rings. The molecule has 4 nitrogen and oxygen atoms in total. The van der Waals surface area contributed by atoms with Crippen molar-refractivity contribution in [2.75, 3.05) is 6.54 Å². The number of hydrogen-bond donors (Lipinski definition) is 1. The van der Waals surface area contributed by atoms with Crippen molar-refractivity contribution < 1.29 is 12.8 Å². The van der Waals surface area contributed by atoms with E-state index < -0.39 is 15.8 Å². The SMILES string of the molecule is C[C@@H](N)[C@@H]1CCCCN1S(=O)(=O)c1cc(F)ccc1Cl. The molecule has 1 aromatic carbocycles. The van der Waals surface area contributed by atoms with Gasteiger partial charge in [-0.15, -0.1) is 0 Å². The molecule has 0 spiro atoms. The van der Waals surface area contributed by atoms with E-state index in [0.29, 0.717) is 13.0 Å². The molecule has 7 heteroatoms. The number of hydrogen-bond acceptors (Lipinski definition) is 3. The van der Waals surface area contributed by atoms with Gasteiger partial charge in [0.1, 0.15) is 10.7 Å². The maximum atomic E-state index is 13.3.